The number of carbonyl (C=O) groups is 1. The molecule has 2 rings (SSSR count). The minimum Gasteiger partial charge on any atom is -0.478 e. The van der Waals surface area contributed by atoms with Gasteiger partial charge in [0.1, 0.15) is 5.76 Å². The second-order valence-corrected chi connectivity index (χ2v) is 4.77. The lowest BCUT2D eigenvalue weighted by Crippen LogP contribution is -2.17. The van der Waals surface area contributed by atoms with Crippen LogP contribution in [0.15, 0.2) is 41.0 Å². The number of hydrogen-bond acceptors (Lipinski definition) is 4. The molecule has 0 saturated heterocycles. The van der Waals surface area contributed by atoms with Crippen LogP contribution in [0, 0.1) is 0 Å². The third kappa shape index (κ3) is 3.54. The molecule has 0 amide bonds. The molecule has 0 saturated carbocycles. The van der Waals surface area contributed by atoms with E-state index in [0.29, 0.717) is 5.69 Å². The number of carboxylic acids is 1. The SMILES string of the molecule is CC(CCc1ccco1)Nc1ccc(C(=O)O)cc1N. The van der Waals surface area contributed by atoms with Gasteiger partial charge in [-0.2, -0.15) is 0 Å². The quantitative estimate of drug-likeness (QED) is 0.705. The van der Waals surface area contributed by atoms with Crippen LogP contribution in [0.2, 0.25) is 0 Å². The molecule has 0 aliphatic rings. The van der Waals surface area contributed by atoms with Crippen LogP contribution in [0.5, 0.6) is 0 Å². The molecule has 4 N–H and O–H groups in total. The Morgan fingerprint density at radius 3 is 2.85 bits per heavy atom. The van der Waals surface area contributed by atoms with Crippen LogP contribution in [0.3, 0.4) is 0 Å². The van der Waals surface area contributed by atoms with Crippen LogP contribution >= 0.6 is 0 Å². The first-order chi connectivity index (χ1) is 9.56. The number of aryl methyl sites for hydroxylation is 1. The summed E-state index contributed by atoms with van der Waals surface area (Å²) in [5.74, 6) is -0.0260. The minimum atomic E-state index is -0.978. The van der Waals surface area contributed by atoms with Gasteiger partial charge in [-0.15, -0.1) is 0 Å². The van der Waals surface area contributed by atoms with Crippen molar-refractivity contribution >= 4 is 17.3 Å². The van der Waals surface area contributed by atoms with Crippen molar-refractivity contribution in [3.63, 3.8) is 0 Å². The molecule has 0 aliphatic carbocycles. The highest BCUT2D eigenvalue weighted by Gasteiger charge is 2.09. The van der Waals surface area contributed by atoms with Crippen molar-refractivity contribution in [2.45, 2.75) is 25.8 Å². The van der Waals surface area contributed by atoms with Gasteiger partial charge in [0.2, 0.25) is 0 Å². The van der Waals surface area contributed by atoms with Crippen LogP contribution in [-0.4, -0.2) is 17.1 Å². The molecule has 1 unspecified atom stereocenters. The van der Waals surface area contributed by atoms with Crippen molar-refractivity contribution in [2.24, 2.45) is 0 Å². The fraction of sp³-hybridized carbons (Fsp3) is 0.267. The van der Waals surface area contributed by atoms with Gasteiger partial charge in [0.05, 0.1) is 23.2 Å². The Morgan fingerprint density at radius 1 is 1.45 bits per heavy atom. The Labute approximate surface area is 117 Å². The standard InChI is InChI=1S/C15H18N2O3/c1-10(4-6-12-3-2-8-20-12)17-14-7-5-11(15(18)19)9-13(14)16/h2-3,5,7-10,17H,4,6,16H2,1H3,(H,18,19). The van der Waals surface area contributed by atoms with Crippen molar-refractivity contribution in [3.8, 4) is 0 Å². The van der Waals surface area contributed by atoms with E-state index >= 15 is 0 Å². The third-order valence-electron chi connectivity index (χ3n) is 3.10. The van der Waals surface area contributed by atoms with Crippen LogP contribution in [-0.2, 0) is 6.42 Å². The van der Waals surface area contributed by atoms with Crippen molar-refractivity contribution in [1.82, 2.24) is 0 Å². The molecule has 5 nitrogen and oxygen atoms in total. The summed E-state index contributed by atoms with van der Waals surface area (Å²) >= 11 is 0. The summed E-state index contributed by atoms with van der Waals surface area (Å²) in [5, 5.41) is 12.2. The van der Waals surface area contributed by atoms with Crippen molar-refractivity contribution in [1.29, 1.82) is 0 Å². The lowest BCUT2D eigenvalue weighted by molar-refractivity contribution is 0.0697. The molecule has 0 bridgehead atoms. The molecule has 0 aliphatic heterocycles. The minimum absolute atomic E-state index is 0.191. The topological polar surface area (TPSA) is 88.5 Å². The van der Waals surface area contributed by atoms with Gasteiger partial charge in [-0.1, -0.05) is 0 Å². The second-order valence-electron chi connectivity index (χ2n) is 4.77. The van der Waals surface area contributed by atoms with E-state index in [2.05, 4.69) is 5.32 Å². The number of rotatable bonds is 6. The Hall–Kier alpha value is -2.43. The highest BCUT2D eigenvalue weighted by molar-refractivity contribution is 5.90. The number of furan rings is 1. The molecule has 1 aromatic heterocycles. The zero-order chi connectivity index (χ0) is 14.5. The van der Waals surface area contributed by atoms with Gasteiger partial charge in [-0.25, -0.2) is 4.79 Å². The molecule has 0 spiro atoms. The molecule has 0 fully saturated rings. The normalized spacial score (nSPS) is 12.1. The van der Waals surface area contributed by atoms with Crippen molar-refractivity contribution in [2.75, 3.05) is 11.1 Å². The van der Waals surface area contributed by atoms with Gasteiger partial charge in [-0.3, -0.25) is 0 Å². The van der Waals surface area contributed by atoms with Crippen LogP contribution in [0.25, 0.3) is 0 Å². The zero-order valence-corrected chi connectivity index (χ0v) is 11.3. The summed E-state index contributed by atoms with van der Waals surface area (Å²) < 4.78 is 5.28. The molecular formula is C15H18N2O3. The average molecular weight is 274 g/mol. The fourth-order valence-corrected chi connectivity index (χ4v) is 1.98. The van der Waals surface area contributed by atoms with Gasteiger partial charge in [0.25, 0.3) is 0 Å². The molecule has 1 aromatic carbocycles. The maximum absolute atomic E-state index is 10.8. The van der Waals surface area contributed by atoms with E-state index in [9.17, 15) is 4.79 Å². The van der Waals surface area contributed by atoms with Gasteiger partial charge < -0.3 is 20.6 Å². The number of aromatic carboxylic acids is 1. The van der Waals surface area contributed by atoms with E-state index in [1.54, 1.807) is 18.4 Å². The van der Waals surface area contributed by atoms with Crippen LogP contribution < -0.4 is 11.1 Å². The number of benzene rings is 1. The van der Waals surface area contributed by atoms with E-state index in [-0.39, 0.29) is 11.6 Å². The van der Waals surface area contributed by atoms with E-state index in [1.165, 1.54) is 6.07 Å². The van der Waals surface area contributed by atoms with Crippen LogP contribution in [0.1, 0.15) is 29.5 Å². The average Bonchev–Trinajstić information content (AvgIpc) is 2.91. The smallest absolute Gasteiger partial charge is 0.335 e. The third-order valence-corrected chi connectivity index (χ3v) is 3.10. The van der Waals surface area contributed by atoms with Crippen LogP contribution in [0.4, 0.5) is 11.4 Å². The first kappa shape index (κ1) is 14.0. The summed E-state index contributed by atoms with van der Waals surface area (Å²) in [7, 11) is 0. The Bertz CT molecular complexity index is 579. The Kier molecular flexibility index (Phi) is 4.30. The van der Waals surface area contributed by atoms with E-state index in [0.717, 1.165) is 24.3 Å². The number of nitrogen functional groups attached to an aromatic ring is 1. The maximum atomic E-state index is 10.8. The highest BCUT2D eigenvalue weighted by Crippen LogP contribution is 2.21. The summed E-state index contributed by atoms with van der Waals surface area (Å²) in [6, 6.07) is 8.73. The predicted molar refractivity (Wildman–Crippen MR) is 77.9 cm³/mol. The van der Waals surface area contributed by atoms with E-state index < -0.39 is 5.97 Å². The molecule has 5 heteroatoms. The fourth-order valence-electron chi connectivity index (χ4n) is 1.98. The van der Waals surface area contributed by atoms with Gasteiger partial charge in [0, 0.05) is 12.5 Å². The largest absolute Gasteiger partial charge is 0.478 e. The molecular weight excluding hydrogens is 256 g/mol. The number of hydrogen-bond donors (Lipinski definition) is 3. The summed E-state index contributed by atoms with van der Waals surface area (Å²) in [5.41, 5.74) is 7.24. The monoisotopic (exact) mass is 274 g/mol. The summed E-state index contributed by atoms with van der Waals surface area (Å²) in [6.07, 6.45) is 3.40. The molecule has 2 aromatic rings. The van der Waals surface area contributed by atoms with Gasteiger partial charge >= 0.3 is 5.97 Å². The van der Waals surface area contributed by atoms with E-state index in [4.69, 9.17) is 15.3 Å². The zero-order valence-electron chi connectivity index (χ0n) is 11.3. The second kappa shape index (κ2) is 6.14. The Morgan fingerprint density at radius 2 is 2.25 bits per heavy atom. The van der Waals surface area contributed by atoms with E-state index in [1.807, 2.05) is 19.1 Å². The first-order valence-corrected chi connectivity index (χ1v) is 6.48. The molecule has 1 atom stereocenters. The van der Waals surface area contributed by atoms with Gasteiger partial charge in [-0.05, 0) is 43.7 Å². The maximum Gasteiger partial charge on any atom is 0.335 e. The Balaban J connectivity index is 1.93. The number of nitrogens with one attached hydrogen (secondary N) is 1. The number of anilines is 2. The summed E-state index contributed by atoms with van der Waals surface area (Å²) in [6.45, 7) is 2.05. The molecule has 20 heavy (non-hydrogen) atoms. The number of nitrogens with two attached hydrogens (primary N) is 1. The van der Waals surface area contributed by atoms with Crippen molar-refractivity contribution in [3.05, 3.63) is 47.9 Å². The lowest BCUT2D eigenvalue weighted by Gasteiger charge is -2.16. The predicted octanol–water partition coefficient (Wildman–Crippen LogP) is 2.99. The first-order valence-electron chi connectivity index (χ1n) is 6.48. The van der Waals surface area contributed by atoms with Crippen molar-refractivity contribution < 1.29 is 14.3 Å². The summed E-state index contributed by atoms with van der Waals surface area (Å²) in [4.78, 5) is 10.8. The van der Waals surface area contributed by atoms with Gasteiger partial charge in [0.15, 0.2) is 0 Å². The molecule has 0 radical (unpaired) electrons. The number of carboxylic acid groups (broad SMARTS) is 1. The highest BCUT2D eigenvalue weighted by atomic mass is 16.4. The molecule has 1 heterocycles. The lowest BCUT2D eigenvalue weighted by atomic mass is 10.1. The molecule has 106 valence electrons.